The zero-order valence-corrected chi connectivity index (χ0v) is 9.75. The molecule has 1 aliphatic heterocycles. The molecule has 0 aromatic carbocycles. The molecule has 0 amide bonds. The summed E-state index contributed by atoms with van der Waals surface area (Å²) in [6.07, 6.45) is 6.19. The number of aliphatic hydroxyl groups excluding tert-OH is 1. The van der Waals surface area contributed by atoms with Crippen LogP contribution in [0.4, 0.5) is 0 Å². The van der Waals surface area contributed by atoms with Gasteiger partial charge in [0.05, 0.1) is 0 Å². The van der Waals surface area contributed by atoms with Gasteiger partial charge in [-0.1, -0.05) is 6.42 Å². The first-order valence-electron chi connectivity index (χ1n) is 5.66. The van der Waals surface area contributed by atoms with E-state index in [0.717, 1.165) is 18.0 Å². The number of aliphatic hydroxyl groups is 1. The fourth-order valence-corrected chi connectivity index (χ4v) is 2.67. The highest BCUT2D eigenvalue weighted by Gasteiger charge is 2.14. The molecule has 1 aliphatic rings. The SMILES string of the molecule is OC(CCN1CCCCC1)c1nccs1. The van der Waals surface area contributed by atoms with E-state index < -0.39 is 0 Å². The maximum atomic E-state index is 9.86. The second kappa shape index (κ2) is 5.58. The summed E-state index contributed by atoms with van der Waals surface area (Å²) in [4.78, 5) is 6.57. The van der Waals surface area contributed by atoms with Crippen molar-refractivity contribution in [3.05, 3.63) is 16.6 Å². The van der Waals surface area contributed by atoms with Crippen LogP contribution in [-0.4, -0.2) is 34.6 Å². The quantitative estimate of drug-likeness (QED) is 0.853. The van der Waals surface area contributed by atoms with Crippen LogP contribution < -0.4 is 0 Å². The summed E-state index contributed by atoms with van der Waals surface area (Å²) in [5, 5.41) is 12.6. The summed E-state index contributed by atoms with van der Waals surface area (Å²) in [6.45, 7) is 3.40. The van der Waals surface area contributed by atoms with Gasteiger partial charge in [-0.25, -0.2) is 4.98 Å². The lowest BCUT2D eigenvalue weighted by Crippen LogP contribution is -2.31. The van der Waals surface area contributed by atoms with Crippen molar-refractivity contribution >= 4 is 11.3 Å². The van der Waals surface area contributed by atoms with Gasteiger partial charge in [-0.05, 0) is 32.4 Å². The molecule has 2 heterocycles. The van der Waals surface area contributed by atoms with E-state index in [1.807, 2.05) is 5.38 Å². The van der Waals surface area contributed by atoms with E-state index in [1.54, 1.807) is 6.20 Å². The highest BCUT2D eigenvalue weighted by molar-refractivity contribution is 7.09. The van der Waals surface area contributed by atoms with Crippen molar-refractivity contribution in [2.75, 3.05) is 19.6 Å². The molecule has 4 heteroatoms. The van der Waals surface area contributed by atoms with Crippen LogP contribution in [0.25, 0.3) is 0 Å². The third-order valence-electron chi connectivity index (χ3n) is 2.90. The average molecular weight is 226 g/mol. The minimum atomic E-state index is -0.369. The smallest absolute Gasteiger partial charge is 0.121 e. The first kappa shape index (κ1) is 11.0. The van der Waals surface area contributed by atoms with Crippen molar-refractivity contribution in [3.63, 3.8) is 0 Å². The summed E-state index contributed by atoms with van der Waals surface area (Å²) >= 11 is 1.54. The van der Waals surface area contributed by atoms with Gasteiger partial charge in [0.25, 0.3) is 0 Å². The van der Waals surface area contributed by atoms with Crippen LogP contribution in [0.5, 0.6) is 0 Å². The Hall–Kier alpha value is -0.450. The van der Waals surface area contributed by atoms with E-state index in [1.165, 1.54) is 43.7 Å². The van der Waals surface area contributed by atoms with Crippen LogP contribution >= 0.6 is 11.3 Å². The van der Waals surface area contributed by atoms with Crippen LogP contribution in [0.1, 0.15) is 36.8 Å². The van der Waals surface area contributed by atoms with Gasteiger partial charge in [0.15, 0.2) is 0 Å². The molecular weight excluding hydrogens is 208 g/mol. The number of nitrogens with zero attached hydrogens (tertiary/aromatic N) is 2. The molecule has 1 atom stereocenters. The molecule has 1 fully saturated rings. The van der Waals surface area contributed by atoms with Crippen molar-refractivity contribution in [1.82, 2.24) is 9.88 Å². The summed E-state index contributed by atoms with van der Waals surface area (Å²) in [6, 6.07) is 0. The number of hydrogen-bond donors (Lipinski definition) is 1. The zero-order valence-electron chi connectivity index (χ0n) is 8.93. The Morgan fingerprint density at radius 3 is 2.87 bits per heavy atom. The predicted octanol–water partition coefficient (Wildman–Crippen LogP) is 2.05. The Labute approximate surface area is 94.8 Å². The van der Waals surface area contributed by atoms with E-state index in [2.05, 4.69) is 9.88 Å². The van der Waals surface area contributed by atoms with Crippen LogP contribution in [0.2, 0.25) is 0 Å². The van der Waals surface area contributed by atoms with E-state index >= 15 is 0 Å². The predicted molar refractivity (Wildman–Crippen MR) is 62.0 cm³/mol. The van der Waals surface area contributed by atoms with E-state index in [4.69, 9.17) is 0 Å². The van der Waals surface area contributed by atoms with Crippen molar-refractivity contribution in [2.24, 2.45) is 0 Å². The summed E-state index contributed by atoms with van der Waals surface area (Å²) < 4.78 is 0. The van der Waals surface area contributed by atoms with Gasteiger partial charge < -0.3 is 10.0 Å². The van der Waals surface area contributed by atoms with Crippen LogP contribution in [0, 0.1) is 0 Å². The molecule has 1 N–H and O–H groups in total. The molecule has 1 aromatic rings. The fourth-order valence-electron chi connectivity index (χ4n) is 2.01. The fraction of sp³-hybridized carbons (Fsp3) is 0.727. The number of aromatic nitrogens is 1. The van der Waals surface area contributed by atoms with Crippen molar-refractivity contribution in [2.45, 2.75) is 31.8 Å². The van der Waals surface area contributed by atoms with Gasteiger partial charge in [0.1, 0.15) is 11.1 Å². The van der Waals surface area contributed by atoms with E-state index in [-0.39, 0.29) is 6.10 Å². The lowest BCUT2D eigenvalue weighted by atomic mass is 10.1. The minimum absolute atomic E-state index is 0.369. The molecule has 0 saturated carbocycles. The molecule has 0 bridgehead atoms. The Bertz CT molecular complexity index is 270. The maximum Gasteiger partial charge on any atom is 0.121 e. The topological polar surface area (TPSA) is 36.4 Å². The monoisotopic (exact) mass is 226 g/mol. The largest absolute Gasteiger partial charge is 0.386 e. The Kier molecular flexibility index (Phi) is 4.11. The number of piperidine rings is 1. The molecule has 84 valence electrons. The summed E-state index contributed by atoms with van der Waals surface area (Å²) in [5.41, 5.74) is 0. The van der Waals surface area contributed by atoms with Crippen LogP contribution in [0.3, 0.4) is 0 Å². The third-order valence-corrected chi connectivity index (χ3v) is 3.78. The average Bonchev–Trinajstić information content (AvgIpc) is 2.81. The molecule has 0 aliphatic carbocycles. The van der Waals surface area contributed by atoms with E-state index in [0.29, 0.717) is 0 Å². The van der Waals surface area contributed by atoms with Crippen LogP contribution in [0.15, 0.2) is 11.6 Å². The molecule has 1 unspecified atom stereocenters. The molecular formula is C11H18N2OS. The second-order valence-electron chi connectivity index (χ2n) is 4.08. The Morgan fingerprint density at radius 2 is 2.20 bits per heavy atom. The van der Waals surface area contributed by atoms with Gasteiger partial charge in [0.2, 0.25) is 0 Å². The second-order valence-corrected chi connectivity index (χ2v) is 5.00. The van der Waals surface area contributed by atoms with Crippen LogP contribution in [-0.2, 0) is 0 Å². The molecule has 15 heavy (non-hydrogen) atoms. The number of thiazole rings is 1. The normalized spacial score (nSPS) is 20.3. The van der Waals surface area contributed by atoms with Gasteiger partial charge in [-0.3, -0.25) is 0 Å². The molecule has 2 rings (SSSR count). The lowest BCUT2D eigenvalue weighted by Gasteiger charge is -2.26. The van der Waals surface area contributed by atoms with Crippen molar-refractivity contribution < 1.29 is 5.11 Å². The Morgan fingerprint density at radius 1 is 1.40 bits per heavy atom. The maximum absolute atomic E-state index is 9.86. The first-order chi connectivity index (χ1) is 7.36. The highest BCUT2D eigenvalue weighted by Crippen LogP contribution is 2.19. The van der Waals surface area contributed by atoms with Gasteiger partial charge in [-0.2, -0.15) is 0 Å². The summed E-state index contributed by atoms with van der Waals surface area (Å²) in [7, 11) is 0. The number of likely N-dealkylation sites (tertiary alicyclic amines) is 1. The number of hydrogen-bond acceptors (Lipinski definition) is 4. The Balaban J connectivity index is 1.73. The lowest BCUT2D eigenvalue weighted by molar-refractivity contribution is 0.133. The van der Waals surface area contributed by atoms with Gasteiger partial charge >= 0.3 is 0 Å². The van der Waals surface area contributed by atoms with E-state index in [9.17, 15) is 5.11 Å². The molecule has 1 aromatic heterocycles. The minimum Gasteiger partial charge on any atom is -0.386 e. The molecule has 0 spiro atoms. The van der Waals surface area contributed by atoms with Gasteiger partial charge in [-0.15, -0.1) is 11.3 Å². The number of rotatable bonds is 4. The summed E-state index contributed by atoms with van der Waals surface area (Å²) in [5.74, 6) is 0. The van der Waals surface area contributed by atoms with Crippen molar-refractivity contribution in [3.8, 4) is 0 Å². The molecule has 1 saturated heterocycles. The highest BCUT2D eigenvalue weighted by atomic mass is 32.1. The van der Waals surface area contributed by atoms with Gasteiger partial charge in [0, 0.05) is 18.1 Å². The van der Waals surface area contributed by atoms with Crippen molar-refractivity contribution in [1.29, 1.82) is 0 Å². The molecule has 3 nitrogen and oxygen atoms in total. The molecule has 0 radical (unpaired) electrons. The first-order valence-corrected chi connectivity index (χ1v) is 6.54. The third kappa shape index (κ3) is 3.26. The standard InChI is InChI=1S/C11H18N2OS/c14-10(11-12-5-9-15-11)4-8-13-6-2-1-3-7-13/h5,9-10,14H,1-4,6-8H2. The zero-order chi connectivity index (χ0) is 10.5.